The predicted octanol–water partition coefficient (Wildman–Crippen LogP) is -3.24. The third-order valence-electron chi connectivity index (χ3n) is 6.22. The lowest BCUT2D eigenvalue weighted by atomic mass is 9.97. The molecule has 0 radical (unpaired) electrons. The van der Waals surface area contributed by atoms with E-state index in [2.05, 4.69) is 0 Å². The highest BCUT2D eigenvalue weighted by Gasteiger charge is 2.54. The van der Waals surface area contributed by atoms with E-state index in [-0.39, 0.29) is 11.5 Å². The summed E-state index contributed by atoms with van der Waals surface area (Å²) in [5.74, 6) is -2.71. The van der Waals surface area contributed by atoms with Gasteiger partial charge in [0.15, 0.2) is 12.4 Å². The molecule has 0 saturated carbocycles. The van der Waals surface area contributed by atoms with E-state index in [1.807, 2.05) is 0 Å². The minimum absolute atomic E-state index is 0.0147. The lowest BCUT2D eigenvalue weighted by Gasteiger charge is -2.42. The Morgan fingerprint density at radius 3 is 2.46 bits per heavy atom. The normalized spacial score (nSPS) is 34.3. The van der Waals surface area contributed by atoms with Gasteiger partial charge < -0.3 is 63.8 Å². The van der Waals surface area contributed by atoms with E-state index in [0.29, 0.717) is 0 Å². The number of ether oxygens (including phenoxy) is 5. The molecule has 0 bridgehead atoms. The molecule has 2 aliphatic rings. The molecule has 0 aliphatic carbocycles. The second-order valence-corrected chi connectivity index (χ2v) is 9.73. The summed E-state index contributed by atoms with van der Waals surface area (Å²) in [5, 5.41) is 70.3. The van der Waals surface area contributed by atoms with Crippen LogP contribution in [0.1, 0.15) is 25.5 Å². The first-order chi connectivity index (χ1) is 18.2. The van der Waals surface area contributed by atoms with E-state index in [0.717, 1.165) is 19.3 Å². The van der Waals surface area contributed by atoms with Gasteiger partial charge in [0.2, 0.25) is 17.5 Å². The van der Waals surface area contributed by atoms with Gasteiger partial charge in [-0.1, -0.05) is 0 Å². The molecule has 2 fully saturated rings. The summed E-state index contributed by atoms with van der Waals surface area (Å²) in [7, 11) is 0. The number of carbonyl (C=O) groups excluding carboxylic acids is 1. The molecule has 0 unspecified atom stereocenters. The minimum Gasteiger partial charge on any atom is -0.481 e. The highest BCUT2D eigenvalue weighted by Crippen LogP contribution is 2.32. The molecule has 2 saturated heterocycles. The second kappa shape index (κ2) is 12.2. The fourth-order valence-corrected chi connectivity index (χ4v) is 4.03. The molecule has 16 heteroatoms. The Bertz CT molecular complexity index is 1070. The van der Waals surface area contributed by atoms with Crippen molar-refractivity contribution in [1.29, 1.82) is 0 Å². The van der Waals surface area contributed by atoms with Crippen LogP contribution in [0.2, 0.25) is 0 Å². The summed E-state index contributed by atoms with van der Waals surface area (Å²) in [4.78, 5) is 35.4. The maximum absolute atomic E-state index is 12.3. The molecule has 3 rings (SSSR count). The van der Waals surface area contributed by atoms with Crippen LogP contribution in [0.5, 0.6) is 5.75 Å². The van der Waals surface area contributed by atoms with Gasteiger partial charge in [-0.05, 0) is 13.8 Å². The van der Waals surface area contributed by atoms with Crippen molar-refractivity contribution in [2.75, 3.05) is 19.8 Å². The first-order valence-electron chi connectivity index (χ1n) is 11.8. The molecule has 0 aromatic carbocycles. The number of carbonyl (C=O) groups is 2. The minimum atomic E-state index is -2.07. The molecule has 1 aromatic rings. The zero-order valence-corrected chi connectivity index (χ0v) is 21.0. The monoisotopic (exact) mass is 564 g/mol. The predicted molar refractivity (Wildman–Crippen MR) is 122 cm³/mol. The Morgan fingerprint density at radius 1 is 1.18 bits per heavy atom. The smallest absolute Gasteiger partial charge is 0.308 e. The van der Waals surface area contributed by atoms with Gasteiger partial charge in [-0.25, -0.2) is 0 Å². The number of aliphatic hydroxyl groups excluding tert-OH is 4. The molecule has 3 heterocycles. The second-order valence-electron chi connectivity index (χ2n) is 9.73. The van der Waals surface area contributed by atoms with Crippen molar-refractivity contribution in [3.63, 3.8) is 0 Å². The van der Waals surface area contributed by atoms with Crippen molar-refractivity contribution >= 4 is 11.9 Å². The molecule has 1 aromatic heterocycles. The van der Waals surface area contributed by atoms with Gasteiger partial charge in [-0.3, -0.25) is 14.4 Å². The molecule has 16 nitrogen and oxygen atoms in total. The van der Waals surface area contributed by atoms with E-state index in [9.17, 15) is 45.0 Å². The maximum atomic E-state index is 12.3. The number of carboxylic acids is 1. The number of aliphatic carboxylic acids is 1. The van der Waals surface area contributed by atoms with Crippen LogP contribution in [0.15, 0.2) is 21.5 Å². The quantitative estimate of drug-likeness (QED) is 0.130. The van der Waals surface area contributed by atoms with Crippen LogP contribution in [-0.4, -0.2) is 122 Å². The van der Waals surface area contributed by atoms with Gasteiger partial charge >= 0.3 is 11.9 Å². The average molecular weight is 564 g/mol. The topological polar surface area (TPSA) is 252 Å². The number of esters is 1. The van der Waals surface area contributed by atoms with Crippen molar-refractivity contribution in [3.8, 4) is 5.75 Å². The summed E-state index contributed by atoms with van der Waals surface area (Å²) in [6.45, 7) is 0.418. The van der Waals surface area contributed by atoms with E-state index < -0.39 is 104 Å². The van der Waals surface area contributed by atoms with Gasteiger partial charge in [0.05, 0.1) is 37.9 Å². The summed E-state index contributed by atoms with van der Waals surface area (Å²) < 4.78 is 32.1. The van der Waals surface area contributed by atoms with E-state index in [4.69, 9.17) is 33.2 Å². The Kier molecular flexibility index (Phi) is 9.69. The standard InChI is InChI=1S/C23H32O16/c1-10-17(11(25)3-4-34-10)38-20-18(39-21-19(31)23(33,8-24)9-36-21)16(30)15(29)12(37-20)7-35-14(28)6-22(2,32)5-13(26)27/h3-4,12,15-16,18-21,24,29-33H,5-9H2,1-2H3,(H,26,27)/t12-,15-,16+,18-,19+,20-,21-,22+,23-/m1/s1. The van der Waals surface area contributed by atoms with Gasteiger partial charge in [-0.2, -0.15) is 0 Å². The first kappa shape index (κ1) is 30.9. The number of carboxylic acid groups (broad SMARTS) is 1. The highest BCUT2D eigenvalue weighted by molar-refractivity contribution is 5.73. The molecule has 0 spiro atoms. The Balaban J connectivity index is 1.78. The largest absolute Gasteiger partial charge is 0.481 e. The average Bonchev–Trinajstić information content (AvgIpc) is 3.12. The summed E-state index contributed by atoms with van der Waals surface area (Å²) in [6, 6.07) is 1.04. The number of aryl methyl sites for hydroxylation is 1. The summed E-state index contributed by atoms with van der Waals surface area (Å²) in [5.41, 5.74) is -4.64. The Hall–Kier alpha value is -2.67. The lowest BCUT2D eigenvalue weighted by Crippen LogP contribution is -2.62. The van der Waals surface area contributed by atoms with Crippen molar-refractivity contribution in [2.24, 2.45) is 0 Å². The number of hydrogen-bond donors (Lipinski definition) is 7. The van der Waals surface area contributed by atoms with Crippen molar-refractivity contribution in [3.05, 3.63) is 28.3 Å². The van der Waals surface area contributed by atoms with Crippen LogP contribution in [-0.2, 0) is 28.5 Å². The summed E-state index contributed by atoms with van der Waals surface area (Å²) in [6.07, 6.45) is -12.2. The molecule has 220 valence electrons. The molecule has 9 atom stereocenters. The first-order valence-corrected chi connectivity index (χ1v) is 11.8. The SMILES string of the molecule is Cc1occc(=O)c1O[C@H]1O[C@H](COC(=O)C[C@@](C)(O)CC(=O)O)[C@@H](O)[C@H](O)[C@H]1O[C@H]1OC[C@](O)(CO)[C@H]1O. The van der Waals surface area contributed by atoms with Crippen LogP contribution in [0.3, 0.4) is 0 Å². The molecule has 7 N–H and O–H groups in total. The molecule has 2 aliphatic heterocycles. The van der Waals surface area contributed by atoms with Crippen LogP contribution in [0.25, 0.3) is 0 Å². The van der Waals surface area contributed by atoms with Gasteiger partial charge in [-0.15, -0.1) is 0 Å². The van der Waals surface area contributed by atoms with Crippen LogP contribution >= 0.6 is 0 Å². The maximum Gasteiger partial charge on any atom is 0.308 e. The summed E-state index contributed by atoms with van der Waals surface area (Å²) >= 11 is 0. The van der Waals surface area contributed by atoms with Crippen molar-refractivity contribution < 1.29 is 73.4 Å². The van der Waals surface area contributed by atoms with Gasteiger partial charge in [0.1, 0.15) is 42.4 Å². The zero-order chi connectivity index (χ0) is 29.1. The Morgan fingerprint density at radius 2 is 1.87 bits per heavy atom. The van der Waals surface area contributed by atoms with E-state index in [1.54, 1.807) is 0 Å². The third-order valence-corrected chi connectivity index (χ3v) is 6.22. The fraction of sp³-hybridized carbons (Fsp3) is 0.696. The molecule has 39 heavy (non-hydrogen) atoms. The molecule has 0 amide bonds. The van der Waals surface area contributed by atoms with Crippen LogP contribution in [0.4, 0.5) is 0 Å². The Labute approximate surface area is 220 Å². The lowest BCUT2D eigenvalue weighted by molar-refractivity contribution is -0.319. The molecular weight excluding hydrogens is 532 g/mol. The van der Waals surface area contributed by atoms with E-state index in [1.165, 1.54) is 6.92 Å². The van der Waals surface area contributed by atoms with Crippen LogP contribution in [0, 0.1) is 6.92 Å². The van der Waals surface area contributed by atoms with Gasteiger partial charge in [0.25, 0.3) is 0 Å². The van der Waals surface area contributed by atoms with Crippen LogP contribution < -0.4 is 10.2 Å². The van der Waals surface area contributed by atoms with Gasteiger partial charge in [0, 0.05) is 6.07 Å². The number of rotatable bonds is 11. The number of aliphatic hydroxyl groups is 6. The molecular formula is C23H32O16. The highest BCUT2D eigenvalue weighted by atomic mass is 16.8. The number of hydrogen-bond acceptors (Lipinski definition) is 15. The van der Waals surface area contributed by atoms with E-state index >= 15 is 0 Å². The third kappa shape index (κ3) is 7.30. The van der Waals surface area contributed by atoms with Crippen molar-refractivity contribution in [1.82, 2.24) is 0 Å². The van der Waals surface area contributed by atoms with Crippen molar-refractivity contribution in [2.45, 2.75) is 81.0 Å². The fourth-order valence-electron chi connectivity index (χ4n) is 4.03. The zero-order valence-electron chi connectivity index (χ0n) is 21.0.